The number of carbonyl (C=O) groups excluding carboxylic acids is 2. The van der Waals surface area contributed by atoms with Gasteiger partial charge in [0.2, 0.25) is 0 Å². The third-order valence-electron chi connectivity index (χ3n) is 4.13. The number of methoxy groups -OCH3 is 1. The Morgan fingerprint density at radius 3 is 2.74 bits per heavy atom. The number of aromatic nitrogens is 1. The number of amides is 1. The predicted molar refractivity (Wildman–Crippen MR) is 85.3 cm³/mol. The first-order valence-electron chi connectivity index (χ1n) is 8.07. The number of nitrogens with one attached hydrogen (secondary N) is 1. The maximum absolute atomic E-state index is 12.0. The van der Waals surface area contributed by atoms with Crippen molar-refractivity contribution < 1.29 is 19.1 Å². The van der Waals surface area contributed by atoms with Crippen LogP contribution in [0, 0.1) is 5.92 Å². The van der Waals surface area contributed by atoms with Crippen LogP contribution < -0.4 is 5.32 Å². The average molecular weight is 320 g/mol. The predicted octanol–water partition coefficient (Wildman–Crippen LogP) is 2.19. The molecular weight excluding hydrogens is 296 g/mol. The SMILES string of the molecule is COC(=O)c1cccc(C(=O)NCCO[C@@H]2CCCC[C@@H]2C)n1. The van der Waals surface area contributed by atoms with Gasteiger partial charge in [-0.15, -0.1) is 0 Å². The Labute approximate surface area is 136 Å². The molecule has 0 bridgehead atoms. The summed E-state index contributed by atoms with van der Waals surface area (Å²) in [7, 11) is 1.28. The van der Waals surface area contributed by atoms with Gasteiger partial charge in [0.15, 0.2) is 0 Å². The number of nitrogens with zero attached hydrogens (tertiary/aromatic N) is 1. The van der Waals surface area contributed by atoms with Gasteiger partial charge in [-0.2, -0.15) is 0 Å². The lowest BCUT2D eigenvalue weighted by molar-refractivity contribution is -0.00295. The normalized spacial score (nSPS) is 20.8. The quantitative estimate of drug-likeness (QED) is 0.642. The molecule has 1 heterocycles. The fourth-order valence-corrected chi connectivity index (χ4v) is 2.77. The Hall–Kier alpha value is -1.95. The second-order valence-electron chi connectivity index (χ2n) is 5.83. The Balaban J connectivity index is 1.77. The van der Waals surface area contributed by atoms with E-state index in [2.05, 4.69) is 22.0 Å². The molecule has 1 aromatic rings. The average Bonchev–Trinajstić information content (AvgIpc) is 2.59. The minimum Gasteiger partial charge on any atom is -0.464 e. The van der Waals surface area contributed by atoms with Gasteiger partial charge in [-0.3, -0.25) is 4.79 Å². The van der Waals surface area contributed by atoms with Gasteiger partial charge in [-0.05, 0) is 30.9 Å². The van der Waals surface area contributed by atoms with E-state index >= 15 is 0 Å². The van der Waals surface area contributed by atoms with Gasteiger partial charge in [-0.25, -0.2) is 9.78 Å². The second kappa shape index (κ2) is 8.62. The summed E-state index contributed by atoms with van der Waals surface area (Å²) >= 11 is 0. The summed E-state index contributed by atoms with van der Waals surface area (Å²) < 4.78 is 10.4. The summed E-state index contributed by atoms with van der Waals surface area (Å²) in [6.07, 6.45) is 5.09. The molecular formula is C17H24N2O4. The Bertz CT molecular complexity index is 547. The smallest absolute Gasteiger partial charge is 0.356 e. The van der Waals surface area contributed by atoms with E-state index in [1.54, 1.807) is 12.1 Å². The Morgan fingerprint density at radius 2 is 2.00 bits per heavy atom. The highest BCUT2D eigenvalue weighted by atomic mass is 16.5. The molecule has 1 aliphatic carbocycles. The lowest BCUT2D eigenvalue weighted by atomic mass is 9.88. The first-order valence-corrected chi connectivity index (χ1v) is 8.07. The van der Waals surface area contributed by atoms with Gasteiger partial charge in [0.1, 0.15) is 11.4 Å². The molecule has 0 aliphatic heterocycles. The monoisotopic (exact) mass is 320 g/mol. The summed E-state index contributed by atoms with van der Waals surface area (Å²) in [6, 6.07) is 4.68. The zero-order valence-corrected chi connectivity index (χ0v) is 13.7. The van der Waals surface area contributed by atoms with Crippen LogP contribution in [-0.4, -0.2) is 43.2 Å². The molecule has 0 unspecified atom stereocenters. The summed E-state index contributed by atoms with van der Waals surface area (Å²) in [5.41, 5.74) is 0.311. The van der Waals surface area contributed by atoms with Crippen LogP contribution in [0.4, 0.5) is 0 Å². The number of carbonyl (C=O) groups is 2. The van der Waals surface area contributed by atoms with Gasteiger partial charge >= 0.3 is 5.97 Å². The van der Waals surface area contributed by atoms with Crippen LogP contribution in [0.3, 0.4) is 0 Å². The summed E-state index contributed by atoms with van der Waals surface area (Å²) in [5, 5.41) is 2.76. The van der Waals surface area contributed by atoms with Crippen LogP contribution in [0.5, 0.6) is 0 Å². The molecule has 0 spiro atoms. The second-order valence-corrected chi connectivity index (χ2v) is 5.83. The summed E-state index contributed by atoms with van der Waals surface area (Å²) in [6.45, 7) is 3.12. The van der Waals surface area contributed by atoms with Crippen molar-refractivity contribution in [2.24, 2.45) is 5.92 Å². The van der Waals surface area contributed by atoms with E-state index in [0.29, 0.717) is 25.2 Å². The third kappa shape index (κ3) is 5.03. The van der Waals surface area contributed by atoms with Crippen LogP contribution in [-0.2, 0) is 9.47 Å². The molecule has 1 amide bonds. The van der Waals surface area contributed by atoms with Crippen LogP contribution in [0.1, 0.15) is 53.6 Å². The van der Waals surface area contributed by atoms with Crippen molar-refractivity contribution in [1.82, 2.24) is 10.3 Å². The van der Waals surface area contributed by atoms with Crippen molar-refractivity contribution in [1.29, 1.82) is 0 Å². The van der Waals surface area contributed by atoms with E-state index in [1.807, 2.05) is 0 Å². The van der Waals surface area contributed by atoms with Gasteiger partial charge in [-0.1, -0.05) is 25.8 Å². The molecule has 0 saturated heterocycles. The Kier molecular flexibility index (Phi) is 6.52. The molecule has 1 aromatic heterocycles. The fraction of sp³-hybridized carbons (Fsp3) is 0.588. The third-order valence-corrected chi connectivity index (χ3v) is 4.13. The minimum atomic E-state index is -0.561. The maximum atomic E-state index is 12.0. The lowest BCUT2D eigenvalue weighted by Gasteiger charge is -2.28. The van der Waals surface area contributed by atoms with Crippen molar-refractivity contribution >= 4 is 11.9 Å². The molecule has 6 heteroatoms. The van der Waals surface area contributed by atoms with Gasteiger partial charge in [0.25, 0.3) is 5.91 Å². The fourth-order valence-electron chi connectivity index (χ4n) is 2.77. The van der Waals surface area contributed by atoms with Crippen molar-refractivity contribution in [3.8, 4) is 0 Å². The van der Waals surface area contributed by atoms with Gasteiger partial charge in [0, 0.05) is 6.54 Å². The first kappa shape index (κ1) is 17.4. The summed E-state index contributed by atoms with van der Waals surface area (Å²) in [5.74, 6) is -0.303. The molecule has 1 fully saturated rings. The van der Waals surface area contributed by atoms with Gasteiger partial charge in [0.05, 0.1) is 19.8 Å². The zero-order chi connectivity index (χ0) is 16.7. The number of rotatable bonds is 6. The van der Waals surface area contributed by atoms with E-state index in [4.69, 9.17) is 4.74 Å². The highest BCUT2D eigenvalue weighted by Crippen LogP contribution is 2.25. The maximum Gasteiger partial charge on any atom is 0.356 e. The Morgan fingerprint density at radius 1 is 1.26 bits per heavy atom. The number of ether oxygens (including phenoxy) is 2. The largest absolute Gasteiger partial charge is 0.464 e. The van der Waals surface area contributed by atoms with Crippen molar-refractivity contribution in [2.45, 2.75) is 38.7 Å². The molecule has 23 heavy (non-hydrogen) atoms. The lowest BCUT2D eigenvalue weighted by Crippen LogP contribution is -2.32. The van der Waals surface area contributed by atoms with Crippen LogP contribution in [0.15, 0.2) is 18.2 Å². The molecule has 2 rings (SSSR count). The number of pyridine rings is 1. The van der Waals surface area contributed by atoms with Crippen molar-refractivity contribution in [3.63, 3.8) is 0 Å². The first-order chi connectivity index (χ1) is 11.1. The molecule has 6 nitrogen and oxygen atoms in total. The van der Waals surface area contributed by atoms with Crippen LogP contribution in [0.2, 0.25) is 0 Å². The van der Waals surface area contributed by atoms with Crippen molar-refractivity contribution in [3.05, 3.63) is 29.6 Å². The van der Waals surface area contributed by atoms with E-state index in [1.165, 1.54) is 32.4 Å². The molecule has 0 aromatic carbocycles. The summed E-state index contributed by atoms with van der Waals surface area (Å²) in [4.78, 5) is 27.5. The molecule has 1 N–H and O–H groups in total. The van der Waals surface area contributed by atoms with E-state index in [-0.39, 0.29) is 17.3 Å². The van der Waals surface area contributed by atoms with Gasteiger partial charge < -0.3 is 14.8 Å². The van der Waals surface area contributed by atoms with E-state index in [0.717, 1.165) is 6.42 Å². The molecule has 2 atom stereocenters. The molecule has 0 radical (unpaired) electrons. The van der Waals surface area contributed by atoms with Crippen LogP contribution >= 0.6 is 0 Å². The number of hydrogen-bond donors (Lipinski definition) is 1. The zero-order valence-electron chi connectivity index (χ0n) is 13.7. The van der Waals surface area contributed by atoms with E-state index < -0.39 is 5.97 Å². The van der Waals surface area contributed by atoms with E-state index in [9.17, 15) is 9.59 Å². The molecule has 1 saturated carbocycles. The van der Waals surface area contributed by atoms with Crippen molar-refractivity contribution in [2.75, 3.05) is 20.3 Å². The highest BCUT2D eigenvalue weighted by molar-refractivity contribution is 5.94. The molecule has 126 valence electrons. The standard InChI is InChI=1S/C17H24N2O4/c1-12-6-3-4-9-15(12)23-11-10-18-16(20)13-7-5-8-14(19-13)17(21)22-2/h5,7-8,12,15H,3-4,6,9-11H2,1-2H3,(H,18,20)/t12-,15+/m0/s1. The number of esters is 1. The molecule has 1 aliphatic rings. The minimum absolute atomic E-state index is 0.118. The topological polar surface area (TPSA) is 77.5 Å². The van der Waals surface area contributed by atoms with Crippen LogP contribution in [0.25, 0.3) is 0 Å². The highest BCUT2D eigenvalue weighted by Gasteiger charge is 2.21. The number of hydrogen-bond acceptors (Lipinski definition) is 5.